The van der Waals surface area contributed by atoms with Gasteiger partial charge in [-0.15, -0.1) is 0 Å². The van der Waals surface area contributed by atoms with Gasteiger partial charge < -0.3 is 4.74 Å². The lowest BCUT2D eigenvalue weighted by atomic mass is 9.79. The Morgan fingerprint density at radius 3 is 2.78 bits per heavy atom. The number of hydrogen-bond donors (Lipinski definition) is 0. The van der Waals surface area contributed by atoms with Crippen LogP contribution in [0.15, 0.2) is 24.3 Å². The van der Waals surface area contributed by atoms with Crippen LogP contribution in [-0.2, 0) is 4.79 Å². The number of carbonyl (C=O) groups is 1. The number of nitrogens with zero attached hydrogens (tertiary/aromatic N) is 1. The minimum absolute atomic E-state index is 0.0201. The molecule has 94 valence electrons. The molecule has 0 N–H and O–H groups in total. The lowest BCUT2D eigenvalue weighted by Gasteiger charge is -2.25. The van der Waals surface area contributed by atoms with Crippen molar-refractivity contribution in [2.75, 3.05) is 7.11 Å². The number of hydrogen-bond acceptors (Lipinski definition) is 3. The van der Waals surface area contributed by atoms with Crippen LogP contribution < -0.4 is 4.74 Å². The van der Waals surface area contributed by atoms with Crippen LogP contribution in [0.1, 0.15) is 37.2 Å². The van der Waals surface area contributed by atoms with E-state index in [1.165, 1.54) is 6.42 Å². The standard InChI is InChI=1S/C15H17NO2/c1-18-15-8-3-2-7-12(15)13(10-16)14(17)9-11-5-4-6-11/h2-3,7-8,11,13H,4-6,9H2,1H3. The number of nitriles is 1. The Balaban J connectivity index is 2.16. The molecule has 0 radical (unpaired) electrons. The van der Waals surface area contributed by atoms with Crippen molar-refractivity contribution >= 4 is 5.78 Å². The van der Waals surface area contributed by atoms with Gasteiger partial charge >= 0.3 is 0 Å². The van der Waals surface area contributed by atoms with Gasteiger partial charge in [-0.1, -0.05) is 37.5 Å². The maximum Gasteiger partial charge on any atom is 0.154 e. The van der Waals surface area contributed by atoms with Crippen molar-refractivity contribution in [3.05, 3.63) is 29.8 Å². The molecule has 3 heteroatoms. The van der Waals surface area contributed by atoms with Crippen LogP contribution >= 0.6 is 0 Å². The average molecular weight is 243 g/mol. The molecule has 1 aliphatic rings. The van der Waals surface area contributed by atoms with E-state index in [1.54, 1.807) is 19.2 Å². The third kappa shape index (κ3) is 2.53. The number of para-hydroxylation sites is 1. The number of carbonyl (C=O) groups excluding carboxylic acids is 1. The summed E-state index contributed by atoms with van der Waals surface area (Å²) in [5.41, 5.74) is 0.687. The second kappa shape index (κ2) is 5.68. The summed E-state index contributed by atoms with van der Waals surface area (Å²) in [6.07, 6.45) is 3.98. The van der Waals surface area contributed by atoms with Crippen LogP contribution in [0.4, 0.5) is 0 Å². The summed E-state index contributed by atoms with van der Waals surface area (Å²) in [5, 5.41) is 9.25. The molecule has 1 fully saturated rings. The van der Waals surface area contributed by atoms with Gasteiger partial charge in [-0.3, -0.25) is 4.79 Å². The zero-order valence-electron chi connectivity index (χ0n) is 10.6. The maximum atomic E-state index is 12.2. The van der Waals surface area contributed by atoms with E-state index < -0.39 is 5.92 Å². The topological polar surface area (TPSA) is 50.1 Å². The largest absolute Gasteiger partial charge is 0.496 e. The summed E-state index contributed by atoms with van der Waals surface area (Å²) in [4.78, 5) is 12.2. The molecule has 1 atom stereocenters. The second-order valence-corrected chi connectivity index (χ2v) is 4.77. The van der Waals surface area contributed by atoms with E-state index in [0.29, 0.717) is 23.7 Å². The normalized spacial score (nSPS) is 16.4. The number of rotatable bonds is 5. The minimum atomic E-state index is -0.693. The molecular formula is C15H17NO2. The molecule has 1 aliphatic carbocycles. The first-order valence-corrected chi connectivity index (χ1v) is 6.31. The van der Waals surface area contributed by atoms with Crippen LogP contribution in [0.3, 0.4) is 0 Å². The smallest absolute Gasteiger partial charge is 0.154 e. The Hall–Kier alpha value is -1.82. The quantitative estimate of drug-likeness (QED) is 0.798. The fourth-order valence-corrected chi connectivity index (χ4v) is 2.32. The molecule has 0 heterocycles. The van der Waals surface area contributed by atoms with Gasteiger partial charge in [0.1, 0.15) is 11.7 Å². The highest BCUT2D eigenvalue weighted by Gasteiger charge is 2.28. The number of ketones is 1. The first-order valence-electron chi connectivity index (χ1n) is 6.31. The zero-order chi connectivity index (χ0) is 13.0. The van der Waals surface area contributed by atoms with Gasteiger partial charge in [-0.05, 0) is 12.0 Å². The predicted molar refractivity (Wildman–Crippen MR) is 68.3 cm³/mol. The van der Waals surface area contributed by atoms with Crippen LogP contribution in [0.25, 0.3) is 0 Å². The molecule has 3 nitrogen and oxygen atoms in total. The molecule has 1 saturated carbocycles. The molecule has 2 rings (SSSR count). The van der Waals surface area contributed by atoms with Gasteiger partial charge in [0.05, 0.1) is 13.2 Å². The number of ether oxygens (including phenoxy) is 1. The monoisotopic (exact) mass is 243 g/mol. The van der Waals surface area contributed by atoms with Crippen molar-refractivity contribution < 1.29 is 9.53 Å². The molecule has 18 heavy (non-hydrogen) atoms. The fraction of sp³-hybridized carbons (Fsp3) is 0.467. The van der Waals surface area contributed by atoms with Gasteiger partial charge in [0, 0.05) is 12.0 Å². The molecule has 0 bridgehead atoms. The van der Waals surface area contributed by atoms with Crippen molar-refractivity contribution in [2.24, 2.45) is 5.92 Å². The highest BCUT2D eigenvalue weighted by atomic mass is 16.5. The fourth-order valence-electron chi connectivity index (χ4n) is 2.32. The van der Waals surface area contributed by atoms with Gasteiger partial charge in [-0.2, -0.15) is 5.26 Å². The van der Waals surface area contributed by atoms with Crippen LogP contribution in [0.2, 0.25) is 0 Å². The van der Waals surface area contributed by atoms with Gasteiger partial charge in [0.25, 0.3) is 0 Å². The van der Waals surface area contributed by atoms with Gasteiger partial charge in [0.2, 0.25) is 0 Å². The average Bonchev–Trinajstić information content (AvgIpc) is 2.35. The third-order valence-electron chi connectivity index (χ3n) is 3.62. The van der Waals surface area contributed by atoms with E-state index in [-0.39, 0.29) is 5.78 Å². The van der Waals surface area contributed by atoms with E-state index in [0.717, 1.165) is 12.8 Å². The van der Waals surface area contributed by atoms with Gasteiger partial charge in [0.15, 0.2) is 5.78 Å². The van der Waals surface area contributed by atoms with Crippen molar-refractivity contribution in [1.82, 2.24) is 0 Å². The van der Waals surface area contributed by atoms with Crippen molar-refractivity contribution in [3.8, 4) is 11.8 Å². The molecule has 0 saturated heterocycles. The Labute approximate surface area is 107 Å². The Kier molecular flexibility index (Phi) is 3.99. The van der Waals surface area contributed by atoms with Crippen LogP contribution in [0.5, 0.6) is 5.75 Å². The molecule has 0 aromatic heterocycles. The van der Waals surface area contributed by atoms with E-state index in [4.69, 9.17) is 4.74 Å². The lowest BCUT2D eigenvalue weighted by molar-refractivity contribution is -0.120. The van der Waals surface area contributed by atoms with Crippen LogP contribution in [-0.4, -0.2) is 12.9 Å². The summed E-state index contributed by atoms with van der Waals surface area (Å²) >= 11 is 0. The lowest BCUT2D eigenvalue weighted by Crippen LogP contribution is -2.20. The Morgan fingerprint density at radius 2 is 2.22 bits per heavy atom. The molecule has 0 amide bonds. The third-order valence-corrected chi connectivity index (χ3v) is 3.62. The second-order valence-electron chi connectivity index (χ2n) is 4.77. The summed E-state index contributed by atoms with van der Waals surface area (Å²) in [6.45, 7) is 0. The Bertz CT molecular complexity index is 472. The number of methoxy groups -OCH3 is 1. The molecule has 0 spiro atoms. The van der Waals surface area contributed by atoms with E-state index in [9.17, 15) is 10.1 Å². The van der Waals surface area contributed by atoms with Crippen molar-refractivity contribution in [1.29, 1.82) is 5.26 Å². The molecule has 1 aromatic rings. The summed E-state index contributed by atoms with van der Waals surface area (Å²) in [6, 6.07) is 9.37. The van der Waals surface area contributed by atoms with Gasteiger partial charge in [-0.25, -0.2) is 0 Å². The summed E-state index contributed by atoms with van der Waals surface area (Å²) in [5.74, 6) is 0.433. The van der Waals surface area contributed by atoms with E-state index in [1.807, 2.05) is 12.1 Å². The van der Waals surface area contributed by atoms with Crippen LogP contribution in [0, 0.1) is 17.2 Å². The molecule has 1 aromatic carbocycles. The molecule has 0 aliphatic heterocycles. The molecule has 1 unspecified atom stereocenters. The number of Topliss-reactive ketones (excluding diaryl/α,β-unsaturated/α-hetero) is 1. The Morgan fingerprint density at radius 1 is 1.50 bits per heavy atom. The first kappa shape index (κ1) is 12.6. The summed E-state index contributed by atoms with van der Waals surface area (Å²) < 4.78 is 5.22. The van der Waals surface area contributed by atoms with Crippen molar-refractivity contribution in [2.45, 2.75) is 31.6 Å². The first-order chi connectivity index (χ1) is 8.76. The highest BCUT2D eigenvalue weighted by molar-refractivity contribution is 5.89. The van der Waals surface area contributed by atoms with Crippen molar-refractivity contribution in [3.63, 3.8) is 0 Å². The van der Waals surface area contributed by atoms with E-state index >= 15 is 0 Å². The predicted octanol–water partition coefficient (Wildman–Crippen LogP) is 3.06. The highest BCUT2D eigenvalue weighted by Crippen LogP contribution is 2.34. The summed E-state index contributed by atoms with van der Waals surface area (Å²) in [7, 11) is 1.56. The zero-order valence-corrected chi connectivity index (χ0v) is 10.6. The molecular weight excluding hydrogens is 226 g/mol. The minimum Gasteiger partial charge on any atom is -0.496 e. The SMILES string of the molecule is COc1ccccc1C(C#N)C(=O)CC1CCC1. The maximum absolute atomic E-state index is 12.2. The number of benzene rings is 1. The van der Waals surface area contributed by atoms with E-state index in [2.05, 4.69) is 6.07 Å².